The highest BCUT2D eigenvalue weighted by atomic mass is 16.7. The van der Waals surface area contributed by atoms with Crippen LogP contribution in [0.25, 0.3) is 0 Å². The lowest BCUT2D eigenvalue weighted by Gasteiger charge is -2.21. The van der Waals surface area contributed by atoms with Gasteiger partial charge in [-0.05, 0) is 44.5 Å². The van der Waals surface area contributed by atoms with Crippen molar-refractivity contribution in [3.05, 3.63) is 47.5 Å². The summed E-state index contributed by atoms with van der Waals surface area (Å²) in [4.78, 5) is 39.0. The molecule has 0 saturated heterocycles. The molecule has 0 atom stereocenters. The van der Waals surface area contributed by atoms with E-state index in [1.165, 1.54) is 6.92 Å². The molecule has 2 N–H and O–H groups in total. The van der Waals surface area contributed by atoms with Crippen LogP contribution in [0.2, 0.25) is 0 Å². The molecule has 0 spiro atoms. The molecular formula is C23H27N3O5. The van der Waals surface area contributed by atoms with E-state index in [0.717, 1.165) is 17.7 Å². The first-order chi connectivity index (χ1) is 14.9. The number of anilines is 2. The molecule has 164 valence electrons. The van der Waals surface area contributed by atoms with Crippen molar-refractivity contribution in [3.8, 4) is 11.5 Å². The second-order valence-corrected chi connectivity index (χ2v) is 7.43. The second-order valence-electron chi connectivity index (χ2n) is 7.43. The van der Waals surface area contributed by atoms with E-state index in [2.05, 4.69) is 10.6 Å². The number of nitrogens with zero attached hydrogens (tertiary/aromatic N) is 1. The summed E-state index contributed by atoms with van der Waals surface area (Å²) in [5, 5.41) is 5.66. The number of fused-ring (bicyclic) bond motifs is 1. The number of ketones is 1. The maximum Gasteiger partial charge on any atom is 0.238 e. The summed E-state index contributed by atoms with van der Waals surface area (Å²) in [6.45, 7) is 6.07. The fraction of sp³-hybridized carbons (Fsp3) is 0.348. The maximum atomic E-state index is 12.7. The molecule has 0 bridgehead atoms. The van der Waals surface area contributed by atoms with Crippen LogP contribution in [0.15, 0.2) is 36.4 Å². The Kier molecular flexibility index (Phi) is 7.25. The zero-order valence-electron chi connectivity index (χ0n) is 18.0. The van der Waals surface area contributed by atoms with Gasteiger partial charge in [-0.15, -0.1) is 0 Å². The number of aryl methyl sites for hydroxylation is 1. The number of carbonyl (C=O) groups is 3. The van der Waals surface area contributed by atoms with E-state index in [-0.39, 0.29) is 37.5 Å². The first-order valence-electron chi connectivity index (χ1n) is 10.2. The Morgan fingerprint density at radius 1 is 0.968 bits per heavy atom. The third-order valence-electron chi connectivity index (χ3n) is 4.86. The molecule has 0 fully saturated rings. The largest absolute Gasteiger partial charge is 0.454 e. The van der Waals surface area contributed by atoms with Crippen LogP contribution in [-0.2, 0) is 9.59 Å². The van der Waals surface area contributed by atoms with Crippen molar-refractivity contribution in [3.63, 3.8) is 0 Å². The summed E-state index contributed by atoms with van der Waals surface area (Å²) in [5.74, 6) is 0.241. The highest BCUT2D eigenvalue weighted by molar-refractivity contribution is 6.05. The molecule has 1 aliphatic rings. The van der Waals surface area contributed by atoms with Crippen molar-refractivity contribution in [2.75, 3.05) is 37.1 Å². The number of nitrogens with one attached hydrogen (secondary N) is 2. The minimum Gasteiger partial charge on any atom is -0.454 e. The van der Waals surface area contributed by atoms with E-state index in [9.17, 15) is 14.4 Å². The molecule has 1 aliphatic heterocycles. The lowest BCUT2D eigenvalue weighted by atomic mass is 10.1. The van der Waals surface area contributed by atoms with Gasteiger partial charge in [-0.25, -0.2) is 0 Å². The molecule has 8 nitrogen and oxygen atoms in total. The SMILES string of the molecule is CCCN(CC(=O)Nc1ccccc1C)CC(=O)Nc1cc2c(cc1C(C)=O)OCO2. The number of ether oxygens (including phenoxy) is 2. The van der Waals surface area contributed by atoms with Gasteiger partial charge in [0.2, 0.25) is 18.6 Å². The first-order valence-corrected chi connectivity index (χ1v) is 10.2. The molecule has 8 heteroatoms. The number of para-hydroxylation sites is 1. The van der Waals surface area contributed by atoms with Crippen LogP contribution in [0.5, 0.6) is 11.5 Å². The highest BCUT2D eigenvalue weighted by Crippen LogP contribution is 2.37. The van der Waals surface area contributed by atoms with Gasteiger partial charge in [0.15, 0.2) is 17.3 Å². The van der Waals surface area contributed by atoms with Crippen molar-refractivity contribution >= 4 is 29.0 Å². The number of hydrogen-bond acceptors (Lipinski definition) is 6. The number of benzene rings is 2. The maximum absolute atomic E-state index is 12.7. The number of carbonyl (C=O) groups excluding carboxylic acids is 3. The number of amides is 2. The molecule has 31 heavy (non-hydrogen) atoms. The van der Waals surface area contributed by atoms with Crippen LogP contribution in [-0.4, -0.2) is 48.9 Å². The zero-order valence-corrected chi connectivity index (χ0v) is 18.0. The van der Waals surface area contributed by atoms with Crippen LogP contribution < -0.4 is 20.1 Å². The normalized spacial score (nSPS) is 12.0. The van der Waals surface area contributed by atoms with Gasteiger partial charge in [-0.3, -0.25) is 19.3 Å². The third-order valence-corrected chi connectivity index (χ3v) is 4.86. The van der Waals surface area contributed by atoms with Gasteiger partial charge in [0.1, 0.15) is 0 Å². The predicted molar refractivity (Wildman–Crippen MR) is 118 cm³/mol. The minimum atomic E-state index is -0.321. The molecule has 0 unspecified atom stereocenters. The Bertz CT molecular complexity index is 989. The van der Waals surface area contributed by atoms with Crippen molar-refractivity contribution in [2.24, 2.45) is 0 Å². The lowest BCUT2D eigenvalue weighted by Crippen LogP contribution is -2.39. The Balaban J connectivity index is 1.65. The molecule has 0 aromatic heterocycles. The fourth-order valence-corrected chi connectivity index (χ4v) is 3.37. The van der Waals surface area contributed by atoms with Gasteiger partial charge in [0, 0.05) is 17.3 Å². The van der Waals surface area contributed by atoms with Gasteiger partial charge in [-0.1, -0.05) is 25.1 Å². The molecule has 1 heterocycles. The van der Waals surface area contributed by atoms with E-state index < -0.39 is 0 Å². The van der Waals surface area contributed by atoms with Gasteiger partial charge >= 0.3 is 0 Å². The molecule has 3 rings (SSSR count). The molecule has 0 radical (unpaired) electrons. The van der Waals surface area contributed by atoms with Crippen molar-refractivity contribution in [2.45, 2.75) is 27.2 Å². The first kappa shape index (κ1) is 22.3. The molecule has 2 aromatic carbocycles. The van der Waals surface area contributed by atoms with Crippen LogP contribution in [0.1, 0.15) is 36.2 Å². The van der Waals surface area contributed by atoms with E-state index in [1.807, 2.05) is 38.1 Å². The van der Waals surface area contributed by atoms with E-state index in [0.29, 0.717) is 29.3 Å². The molecular weight excluding hydrogens is 398 g/mol. The summed E-state index contributed by atoms with van der Waals surface area (Å²) in [5.41, 5.74) is 2.43. The zero-order chi connectivity index (χ0) is 22.4. The van der Waals surface area contributed by atoms with Gasteiger partial charge in [-0.2, -0.15) is 0 Å². The topological polar surface area (TPSA) is 97.0 Å². The summed E-state index contributed by atoms with van der Waals surface area (Å²) in [7, 11) is 0. The molecule has 2 amide bonds. The van der Waals surface area contributed by atoms with E-state index in [4.69, 9.17) is 9.47 Å². The van der Waals surface area contributed by atoms with Crippen LogP contribution in [0, 0.1) is 6.92 Å². The van der Waals surface area contributed by atoms with Crippen LogP contribution in [0.4, 0.5) is 11.4 Å². The van der Waals surface area contributed by atoms with Crippen molar-refractivity contribution in [1.29, 1.82) is 0 Å². The summed E-state index contributed by atoms with van der Waals surface area (Å²) < 4.78 is 10.7. The number of Topliss-reactive ketones (excluding diaryl/α,β-unsaturated/α-hetero) is 1. The average Bonchev–Trinajstić information content (AvgIpc) is 3.16. The van der Waals surface area contributed by atoms with Crippen molar-refractivity contribution in [1.82, 2.24) is 4.90 Å². The summed E-state index contributed by atoms with van der Waals surface area (Å²) >= 11 is 0. The average molecular weight is 425 g/mol. The Morgan fingerprint density at radius 2 is 1.58 bits per heavy atom. The van der Waals surface area contributed by atoms with Crippen LogP contribution >= 0.6 is 0 Å². The quantitative estimate of drug-likeness (QED) is 0.599. The van der Waals surface area contributed by atoms with E-state index in [1.54, 1.807) is 17.0 Å². The number of rotatable bonds is 9. The Labute approximate surface area is 181 Å². The molecule has 0 aliphatic carbocycles. The van der Waals surface area contributed by atoms with E-state index >= 15 is 0 Å². The summed E-state index contributed by atoms with van der Waals surface area (Å²) in [6.07, 6.45) is 0.785. The predicted octanol–water partition coefficient (Wildman–Crippen LogP) is 3.22. The summed E-state index contributed by atoms with van der Waals surface area (Å²) in [6, 6.07) is 10.7. The van der Waals surface area contributed by atoms with Gasteiger partial charge in [0.25, 0.3) is 0 Å². The number of hydrogen-bond donors (Lipinski definition) is 2. The minimum absolute atomic E-state index is 0.0147. The lowest BCUT2D eigenvalue weighted by molar-refractivity contribution is -0.120. The fourth-order valence-electron chi connectivity index (χ4n) is 3.37. The Hall–Kier alpha value is -3.39. The molecule has 0 saturated carbocycles. The smallest absolute Gasteiger partial charge is 0.238 e. The monoisotopic (exact) mass is 425 g/mol. The second kappa shape index (κ2) is 10.1. The van der Waals surface area contributed by atoms with Crippen molar-refractivity contribution < 1.29 is 23.9 Å². The third kappa shape index (κ3) is 5.82. The highest BCUT2D eigenvalue weighted by Gasteiger charge is 2.21. The van der Waals surface area contributed by atoms with Gasteiger partial charge < -0.3 is 20.1 Å². The Morgan fingerprint density at radius 3 is 2.19 bits per heavy atom. The standard InChI is InChI=1S/C23H27N3O5/c1-4-9-26(12-22(28)24-18-8-6-5-7-15(18)2)13-23(29)25-19-11-21-20(30-14-31-21)10-17(19)16(3)27/h5-8,10-11H,4,9,12-14H2,1-3H3,(H,24,28)(H,25,29). The molecule has 2 aromatic rings. The van der Waals surface area contributed by atoms with Gasteiger partial charge in [0.05, 0.1) is 18.8 Å². The van der Waals surface area contributed by atoms with Crippen LogP contribution in [0.3, 0.4) is 0 Å².